The molecule has 0 amide bonds. The van der Waals surface area contributed by atoms with E-state index in [1.807, 2.05) is 25.1 Å². The third-order valence-corrected chi connectivity index (χ3v) is 5.21. The lowest BCUT2D eigenvalue weighted by molar-refractivity contribution is 0.205. The number of aromatic nitrogens is 3. The number of para-hydroxylation sites is 2. The van der Waals surface area contributed by atoms with Gasteiger partial charge in [-0.25, -0.2) is 9.59 Å². The SMILES string of the molecule is CCCCn1c(N)c(N(CCCn2c(=O)oc3ccccc32)CCOC)c(=O)[nH]c1=O. The van der Waals surface area contributed by atoms with Gasteiger partial charge in [0.1, 0.15) is 11.5 Å². The van der Waals surface area contributed by atoms with Gasteiger partial charge in [0.2, 0.25) is 0 Å². The van der Waals surface area contributed by atoms with Gasteiger partial charge in [-0.05, 0) is 25.0 Å². The minimum absolute atomic E-state index is 0.143. The van der Waals surface area contributed by atoms with Crippen LogP contribution in [-0.2, 0) is 17.8 Å². The Morgan fingerprint density at radius 2 is 1.84 bits per heavy atom. The quantitative estimate of drug-likeness (QED) is 0.469. The maximum absolute atomic E-state index is 12.6. The molecule has 0 bridgehead atoms. The number of ether oxygens (including phenoxy) is 1. The molecule has 0 fully saturated rings. The van der Waals surface area contributed by atoms with Gasteiger partial charge in [-0.2, -0.15) is 0 Å². The Morgan fingerprint density at radius 1 is 1.10 bits per heavy atom. The van der Waals surface area contributed by atoms with Gasteiger partial charge in [0, 0.05) is 33.3 Å². The topological polar surface area (TPSA) is 128 Å². The average Bonchev–Trinajstić information content (AvgIpc) is 3.06. The first kappa shape index (κ1) is 22.4. The second-order valence-electron chi connectivity index (χ2n) is 7.32. The number of nitrogen functional groups attached to an aromatic ring is 1. The molecule has 3 rings (SSSR count). The van der Waals surface area contributed by atoms with Crippen molar-refractivity contribution in [2.45, 2.75) is 39.3 Å². The van der Waals surface area contributed by atoms with E-state index in [0.29, 0.717) is 44.8 Å². The van der Waals surface area contributed by atoms with Crippen molar-refractivity contribution in [1.82, 2.24) is 14.1 Å². The van der Waals surface area contributed by atoms with Crippen molar-refractivity contribution in [2.75, 3.05) is 37.4 Å². The number of aromatic amines is 1. The monoisotopic (exact) mass is 431 g/mol. The Morgan fingerprint density at radius 3 is 2.58 bits per heavy atom. The van der Waals surface area contributed by atoms with Crippen LogP contribution in [0.5, 0.6) is 0 Å². The van der Waals surface area contributed by atoms with Crippen LogP contribution in [0.25, 0.3) is 11.1 Å². The first-order chi connectivity index (χ1) is 15.0. The molecular weight excluding hydrogens is 402 g/mol. The van der Waals surface area contributed by atoms with E-state index in [2.05, 4.69) is 4.98 Å². The Bertz CT molecular complexity index is 1190. The average molecular weight is 431 g/mol. The fourth-order valence-corrected chi connectivity index (χ4v) is 3.60. The van der Waals surface area contributed by atoms with Crippen LogP contribution >= 0.6 is 0 Å². The summed E-state index contributed by atoms with van der Waals surface area (Å²) in [6, 6.07) is 7.23. The van der Waals surface area contributed by atoms with Gasteiger partial charge in [0.25, 0.3) is 5.56 Å². The van der Waals surface area contributed by atoms with E-state index in [1.54, 1.807) is 22.6 Å². The predicted molar refractivity (Wildman–Crippen MR) is 120 cm³/mol. The lowest BCUT2D eigenvalue weighted by Gasteiger charge is -2.26. The molecule has 0 saturated heterocycles. The van der Waals surface area contributed by atoms with Crippen LogP contribution in [-0.4, -0.2) is 40.9 Å². The molecule has 0 saturated carbocycles. The summed E-state index contributed by atoms with van der Waals surface area (Å²) in [5, 5.41) is 0. The fraction of sp³-hybridized carbons (Fsp3) is 0.476. The molecule has 0 aliphatic rings. The van der Waals surface area contributed by atoms with Crippen LogP contribution in [0.3, 0.4) is 0 Å². The lowest BCUT2D eigenvalue weighted by atomic mass is 10.3. The molecule has 0 aliphatic heterocycles. The number of nitrogens with zero attached hydrogens (tertiary/aromatic N) is 3. The Hall–Kier alpha value is -3.27. The largest absolute Gasteiger partial charge is 0.419 e. The number of hydrogen-bond donors (Lipinski definition) is 2. The lowest BCUT2D eigenvalue weighted by Crippen LogP contribution is -2.40. The zero-order valence-electron chi connectivity index (χ0n) is 17.9. The summed E-state index contributed by atoms with van der Waals surface area (Å²) in [5.74, 6) is -0.278. The molecule has 3 N–H and O–H groups in total. The van der Waals surface area contributed by atoms with Crippen molar-refractivity contribution in [2.24, 2.45) is 0 Å². The number of nitrogens with one attached hydrogen (secondary N) is 1. The van der Waals surface area contributed by atoms with E-state index in [4.69, 9.17) is 14.9 Å². The van der Waals surface area contributed by atoms with Crippen molar-refractivity contribution in [1.29, 1.82) is 0 Å². The molecule has 31 heavy (non-hydrogen) atoms. The molecule has 0 radical (unpaired) electrons. The molecule has 0 spiro atoms. The van der Waals surface area contributed by atoms with Crippen molar-refractivity contribution in [3.63, 3.8) is 0 Å². The van der Waals surface area contributed by atoms with Crippen LogP contribution < -0.4 is 27.6 Å². The van der Waals surface area contributed by atoms with Gasteiger partial charge < -0.3 is 19.8 Å². The number of oxazole rings is 1. The Kier molecular flexibility index (Phi) is 7.35. The molecule has 0 atom stereocenters. The van der Waals surface area contributed by atoms with Gasteiger partial charge in [-0.1, -0.05) is 25.5 Å². The second kappa shape index (κ2) is 10.2. The number of anilines is 2. The highest BCUT2D eigenvalue weighted by molar-refractivity contribution is 5.72. The number of rotatable bonds is 11. The van der Waals surface area contributed by atoms with E-state index < -0.39 is 17.0 Å². The van der Waals surface area contributed by atoms with E-state index in [0.717, 1.165) is 18.4 Å². The number of unbranched alkanes of at least 4 members (excludes halogenated alkanes) is 1. The van der Waals surface area contributed by atoms with Gasteiger partial charge in [-0.15, -0.1) is 0 Å². The summed E-state index contributed by atoms with van der Waals surface area (Å²) in [5.41, 5.74) is 6.72. The number of hydrogen-bond acceptors (Lipinski definition) is 7. The molecule has 168 valence electrons. The second-order valence-corrected chi connectivity index (χ2v) is 7.32. The molecule has 2 heterocycles. The van der Waals surface area contributed by atoms with E-state index >= 15 is 0 Å². The van der Waals surface area contributed by atoms with Crippen LogP contribution in [0.2, 0.25) is 0 Å². The van der Waals surface area contributed by atoms with E-state index in [-0.39, 0.29) is 11.5 Å². The zero-order valence-corrected chi connectivity index (χ0v) is 17.9. The highest BCUT2D eigenvalue weighted by Crippen LogP contribution is 2.18. The summed E-state index contributed by atoms with van der Waals surface area (Å²) in [6.45, 7) is 4.08. The maximum Gasteiger partial charge on any atom is 0.419 e. The first-order valence-corrected chi connectivity index (χ1v) is 10.4. The van der Waals surface area contributed by atoms with Crippen LogP contribution in [0.15, 0.2) is 43.1 Å². The van der Waals surface area contributed by atoms with Crippen LogP contribution in [0.4, 0.5) is 11.5 Å². The van der Waals surface area contributed by atoms with Crippen LogP contribution in [0.1, 0.15) is 26.2 Å². The number of fused-ring (bicyclic) bond motifs is 1. The standard InChI is InChI=1S/C21H29N5O5/c1-3-4-11-26-18(22)17(19(27)23-20(26)28)24(13-14-30-2)10-7-12-25-15-8-5-6-9-16(15)31-21(25)29/h5-6,8-9H,3-4,7,10-14,22H2,1-2H3,(H,23,27,28). The maximum atomic E-state index is 12.6. The van der Waals surface area contributed by atoms with Gasteiger partial charge in [0.05, 0.1) is 12.1 Å². The molecule has 10 nitrogen and oxygen atoms in total. The third-order valence-electron chi connectivity index (χ3n) is 5.21. The number of methoxy groups -OCH3 is 1. The Balaban J connectivity index is 1.85. The predicted octanol–water partition coefficient (Wildman–Crippen LogP) is 1.37. The van der Waals surface area contributed by atoms with Crippen molar-refractivity contribution >= 4 is 22.6 Å². The molecule has 0 aliphatic carbocycles. The molecule has 0 unspecified atom stereocenters. The minimum Gasteiger partial charge on any atom is -0.408 e. The fourth-order valence-electron chi connectivity index (χ4n) is 3.60. The van der Waals surface area contributed by atoms with Crippen molar-refractivity contribution < 1.29 is 9.15 Å². The summed E-state index contributed by atoms with van der Waals surface area (Å²) in [6.07, 6.45) is 2.21. The smallest absolute Gasteiger partial charge is 0.408 e. The third kappa shape index (κ3) is 4.91. The highest BCUT2D eigenvalue weighted by Gasteiger charge is 2.19. The van der Waals surface area contributed by atoms with Crippen LogP contribution in [0, 0.1) is 0 Å². The van der Waals surface area contributed by atoms with Gasteiger partial charge in [0.15, 0.2) is 5.58 Å². The van der Waals surface area contributed by atoms with Gasteiger partial charge >= 0.3 is 11.4 Å². The van der Waals surface area contributed by atoms with Gasteiger partial charge in [-0.3, -0.25) is 18.9 Å². The molecule has 1 aromatic carbocycles. The minimum atomic E-state index is -0.530. The zero-order chi connectivity index (χ0) is 22.4. The molecule has 3 aromatic rings. The summed E-state index contributed by atoms with van der Waals surface area (Å²) in [4.78, 5) is 41.2. The number of aryl methyl sites for hydroxylation is 1. The van der Waals surface area contributed by atoms with Crippen molar-refractivity contribution in [3.8, 4) is 0 Å². The highest BCUT2D eigenvalue weighted by atomic mass is 16.5. The summed E-state index contributed by atoms with van der Waals surface area (Å²) < 4.78 is 13.4. The first-order valence-electron chi connectivity index (χ1n) is 10.4. The number of nitrogens with two attached hydrogens (primary N) is 1. The molecular formula is C21H29N5O5. The summed E-state index contributed by atoms with van der Waals surface area (Å²) in [7, 11) is 1.57. The number of benzene rings is 1. The Labute approximate surface area is 178 Å². The van der Waals surface area contributed by atoms with Crippen molar-refractivity contribution in [3.05, 3.63) is 55.7 Å². The van der Waals surface area contributed by atoms with E-state index in [9.17, 15) is 14.4 Å². The molecule has 2 aromatic heterocycles. The molecule has 10 heteroatoms. The van der Waals surface area contributed by atoms with E-state index in [1.165, 1.54) is 4.57 Å². The number of H-pyrrole nitrogens is 1. The summed E-state index contributed by atoms with van der Waals surface area (Å²) >= 11 is 0. The normalized spacial score (nSPS) is 11.3.